The summed E-state index contributed by atoms with van der Waals surface area (Å²) in [5.74, 6) is -1.75. The van der Waals surface area contributed by atoms with Gasteiger partial charge in [-0.3, -0.25) is 9.59 Å². The average molecular weight is 747 g/mol. The van der Waals surface area contributed by atoms with Gasteiger partial charge in [0, 0.05) is 0 Å². The number of carbonyl (C=O) groups excluding carboxylic acids is 2. The van der Waals surface area contributed by atoms with Crippen molar-refractivity contribution < 1.29 is 34.2 Å². The van der Waals surface area contributed by atoms with E-state index < -0.39 is 42.5 Å². The molecule has 1 saturated heterocycles. The fraction of sp³-hybridized carbons (Fsp3) is 0.636. The Morgan fingerprint density at radius 3 is 2.46 bits per heavy atom. The molecule has 2 heterocycles. The van der Waals surface area contributed by atoms with Crippen LogP contribution in [0.2, 0.25) is 0 Å². The van der Waals surface area contributed by atoms with Gasteiger partial charge < -0.3 is 31.2 Å². The molecule has 1 amide bonds. The van der Waals surface area contributed by atoms with Crippen LogP contribution in [-0.4, -0.2) is 67.8 Å². The average Bonchev–Trinajstić information content (AvgIpc) is 3.11. The van der Waals surface area contributed by atoms with Crippen molar-refractivity contribution in [2.45, 2.75) is 37.5 Å². The maximum absolute atomic E-state index is 11.3. The van der Waals surface area contributed by atoms with Gasteiger partial charge in [-0.05, 0) is 6.92 Å². The van der Waals surface area contributed by atoms with Crippen molar-refractivity contribution in [3.8, 4) is 0 Å². The van der Waals surface area contributed by atoms with Gasteiger partial charge in [0.2, 0.25) is 5.82 Å². The predicted molar refractivity (Wildman–Crippen MR) is 111 cm³/mol. The molecule has 1 aromatic rings. The molecule has 148 valence electrons. The first-order valence-corrected chi connectivity index (χ1v) is 20.5. The zero-order valence-electron chi connectivity index (χ0n) is 13.3. The molecule has 15 heteroatoms. The van der Waals surface area contributed by atoms with Crippen molar-refractivity contribution >= 4 is 71.8 Å². The van der Waals surface area contributed by atoms with Crippen molar-refractivity contribution in [1.82, 2.24) is 14.8 Å². The third-order valence-electron chi connectivity index (χ3n) is 3.09. The van der Waals surface area contributed by atoms with Gasteiger partial charge in [-0.1, -0.05) is 0 Å². The van der Waals surface area contributed by atoms with Crippen LogP contribution < -0.4 is 11.5 Å². The number of esters is 1. The molecule has 6 N–H and O–H groups in total. The molecule has 0 unspecified atom stereocenters. The van der Waals surface area contributed by atoms with Gasteiger partial charge in [0.15, 0.2) is 6.23 Å². The number of hydrogen-bond donors (Lipinski definition) is 4. The number of aliphatic hydroxyl groups is 2. The van der Waals surface area contributed by atoms with E-state index in [9.17, 15) is 19.8 Å². The third kappa shape index (κ3) is 7.61. The topological polar surface area (TPSA) is 176 Å². The summed E-state index contributed by atoms with van der Waals surface area (Å²) >= 11 is 7.39. The SMILES string of the molecule is C[C@H](N)C(=O)OC[C@H]1O[C@@H](n2cnc(C(N)=O)n2)[C@H](O)[C@@H]1O.[I][V]([I])[I]. The van der Waals surface area contributed by atoms with Crippen molar-refractivity contribution in [1.29, 1.82) is 0 Å². The van der Waals surface area contributed by atoms with Gasteiger partial charge in [0.05, 0.1) is 0 Å². The standard InChI is InChI=1S/C11H17N5O6.3HI.V/c1-4(12)11(20)21-2-5-6(17)7(18)10(22-5)16-3-14-9(15-16)8(13)19;;;;/h3-7,10,17-18H,2,12H2,1H3,(H2,13,19);3*1H;/q;;;;+3/p-3/t4-,5+,6+,7+,10+;;;;/m0..../s1. The monoisotopic (exact) mass is 747 g/mol. The molecule has 11 nitrogen and oxygen atoms in total. The van der Waals surface area contributed by atoms with Gasteiger partial charge in [-0.2, -0.15) is 0 Å². The van der Waals surface area contributed by atoms with E-state index in [0.29, 0.717) is 0 Å². The molecule has 0 aliphatic carbocycles. The minimum absolute atomic E-state index is 0.253. The van der Waals surface area contributed by atoms with Crippen molar-refractivity contribution in [3.63, 3.8) is 0 Å². The molecule has 1 aromatic heterocycles. The number of aliphatic hydroxyl groups excluding tert-OH is 2. The Morgan fingerprint density at radius 2 is 2.00 bits per heavy atom. The zero-order chi connectivity index (χ0) is 20.0. The van der Waals surface area contributed by atoms with Gasteiger partial charge >= 0.3 is 70.8 Å². The summed E-state index contributed by atoms with van der Waals surface area (Å²) < 4.78 is 11.3. The van der Waals surface area contributed by atoms with Crippen LogP contribution >= 0.6 is 59.9 Å². The summed E-state index contributed by atoms with van der Waals surface area (Å²) in [5, 5.41) is 23.6. The molecule has 5 atom stereocenters. The fourth-order valence-corrected chi connectivity index (χ4v) is 1.89. The van der Waals surface area contributed by atoms with Crippen LogP contribution in [0.25, 0.3) is 0 Å². The molecule has 0 saturated carbocycles. The van der Waals surface area contributed by atoms with E-state index >= 15 is 0 Å². The summed E-state index contributed by atoms with van der Waals surface area (Å²) in [5.41, 5.74) is 10.4. The Labute approximate surface area is 186 Å². The van der Waals surface area contributed by atoms with Crippen molar-refractivity contribution in [2.75, 3.05) is 6.61 Å². The fourth-order valence-electron chi connectivity index (χ4n) is 1.89. The molecule has 2 rings (SSSR count). The summed E-state index contributed by atoms with van der Waals surface area (Å²) in [6, 6.07) is -0.812. The van der Waals surface area contributed by atoms with Gasteiger partial charge in [-0.15, -0.1) is 5.10 Å². The minimum atomic E-state index is -1.35. The number of amides is 1. The van der Waals surface area contributed by atoms with E-state index in [2.05, 4.69) is 70.0 Å². The van der Waals surface area contributed by atoms with Gasteiger partial charge in [-0.25, -0.2) is 9.67 Å². The Bertz CT molecular complexity index is 618. The van der Waals surface area contributed by atoms with E-state index in [4.69, 9.17) is 20.9 Å². The number of nitrogens with two attached hydrogens (primary N) is 2. The number of primary amides is 1. The molecule has 0 radical (unpaired) electrons. The van der Waals surface area contributed by atoms with Crippen LogP contribution in [0.4, 0.5) is 0 Å². The van der Waals surface area contributed by atoms with Crippen LogP contribution in [0.3, 0.4) is 0 Å². The molecular formula is C11H17I3N5O6V. The first kappa shape index (κ1) is 24.7. The van der Waals surface area contributed by atoms with E-state index in [0.717, 1.165) is 11.0 Å². The molecule has 26 heavy (non-hydrogen) atoms. The van der Waals surface area contributed by atoms with Crippen molar-refractivity contribution in [2.24, 2.45) is 11.5 Å². The summed E-state index contributed by atoms with van der Waals surface area (Å²) in [6.07, 6.45) is -3.58. The Balaban J connectivity index is 0.000000765. The molecular weight excluding hydrogens is 730 g/mol. The molecule has 0 spiro atoms. The Kier molecular flexibility index (Phi) is 11.1. The van der Waals surface area contributed by atoms with Crippen LogP contribution in [0.5, 0.6) is 0 Å². The summed E-state index contributed by atoms with van der Waals surface area (Å²) in [7, 11) is 0. The number of carbonyl (C=O) groups is 2. The molecule has 1 fully saturated rings. The first-order chi connectivity index (χ1) is 12.0. The maximum atomic E-state index is 11.3. The van der Waals surface area contributed by atoms with E-state index in [1.165, 1.54) is 6.92 Å². The van der Waals surface area contributed by atoms with Crippen LogP contribution in [0, 0.1) is 0 Å². The number of aromatic nitrogens is 3. The second-order valence-corrected chi connectivity index (χ2v) is 40.4. The van der Waals surface area contributed by atoms with E-state index in [-0.39, 0.29) is 17.4 Å². The number of halogens is 3. The van der Waals surface area contributed by atoms with Gasteiger partial charge in [0.25, 0.3) is 5.91 Å². The summed E-state index contributed by atoms with van der Waals surface area (Å²) in [6.45, 7) is 1.17. The second kappa shape index (κ2) is 11.6. The number of hydrogen-bond acceptors (Lipinski definition) is 9. The van der Waals surface area contributed by atoms with Gasteiger partial charge in [0.1, 0.15) is 37.3 Å². The Morgan fingerprint density at radius 1 is 1.42 bits per heavy atom. The number of rotatable bonds is 5. The van der Waals surface area contributed by atoms with Crippen LogP contribution in [0.1, 0.15) is 23.8 Å². The van der Waals surface area contributed by atoms with Crippen LogP contribution in [-0.2, 0) is 19.2 Å². The van der Waals surface area contributed by atoms with Crippen molar-refractivity contribution in [3.05, 3.63) is 12.2 Å². The van der Waals surface area contributed by atoms with E-state index in [1.54, 1.807) is 0 Å². The second-order valence-electron chi connectivity index (χ2n) is 5.07. The molecule has 1 aliphatic heterocycles. The number of nitrogens with zero attached hydrogens (tertiary/aromatic N) is 3. The third-order valence-corrected chi connectivity index (χ3v) is 3.09. The van der Waals surface area contributed by atoms with E-state index in [1.807, 2.05) is 0 Å². The van der Waals surface area contributed by atoms with Crippen LogP contribution in [0.15, 0.2) is 6.33 Å². The first-order valence-electron chi connectivity index (χ1n) is 6.96. The molecule has 0 bridgehead atoms. The number of ether oxygens (including phenoxy) is 2. The molecule has 0 aromatic carbocycles. The molecule has 1 aliphatic rings. The normalized spacial score (nSPS) is 26.2. The zero-order valence-corrected chi connectivity index (χ0v) is 21.1. The predicted octanol–water partition coefficient (Wildman–Crippen LogP) is -0.459. The summed E-state index contributed by atoms with van der Waals surface area (Å²) in [4.78, 5) is 25.6. The quantitative estimate of drug-likeness (QED) is 0.230. The Hall–Kier alpha value is 0.694.